The number of carbonyl (C=O) groups is 1. The van der Waals surface area contributed by atoms with E-state index >= 15 is 0 Å². The van der Waals surface area contributed by atoms with Crippen molar-refractivity contribution in [1.82, 2.24) is 5.06 Å². The van der Waals surface area contributed by atoms with E-state index in [9.17, 15) is 4.79 Å². The van der Waals surface area contributed by atoms with Crippen molar-refractivity contribution >= 4 is 5.78 Å². The maximum Gasteiger partial charge on any atom is 0.191 e. The van der Waals surface area contributed by atoms with Crippen molar-refractivity contribution in [2.45, 2.75) is 63.0 Å². The van der Waals surface area contributed by atoms with Crippen LogP contribution in [0.5, 0.6) is 0 Å². The highest BCUT2D eigenvalue weighted by atomic mass is 16.9. The third-order valence-electron chi connectivity index (χ3n) is 5.51. The van der Waals surface area contributed by atoms with Crippen molar-refractivity contribution in [3.8, 4) is 0 Å². The topological polar surface area (TPSA) is 51.1 Å². The van der Waals surface area contributed by atoms with E-state index in [1.54, 1.807) is 0 Å². The summed E-state index contributed by atoms with van der Waals surface area (Å²) in [6, 6.07) is 10.2. The van der Waals surface area contributed by atoms with Crippen molar-refractivity contribution in [3.63, 3.8) is 0 Å². The molecule has 0 aromatic heterocycles. The van der Waals surface area contributed by atoms with Gasteiger partial charge in [0.15, 0.2) is 17.8 Å². The van der Waals surface area contributed by atoms with Crippen LogP contribution in [-0.2, 0) is 24.8 Å². The van der Waals surface area contributed by atoms with Gasteiger partial charge >= 0.3 is 0 Å². The van der Waals surface area contributed by atoms with E-state index in [-0.39, 0.29) is 6.29 Å². The zero-order valence-electron chi connectivity index (χ0n) is 14.2. The Balaban J connectivity index is 1.55. The van der Waals surface area contributed by atoms with Crippen LogP contribution in [-0.4, -0.2) is 35.9 Å². The molecule has 0 bridgehead atoms. The third kappa shape index (κ3) is 2.51. The smallest absolute Gasteiger partial charge is 0.191 e. The molecular weight excluding hydrogens is 306 g/mol. The minimum absolute atomic E-state index is 0.178. The van der Waals surface area contributed by atoms with Gasteiger partial charge in [-0.2, -0.15) is 0 Å². The summed E-state index contributed by atoms with van der Waals surface area (Å²) in [6.07, 6.45) is 4.45. The van der Waals surface area contributed by atoms with E-state index in [0.717, 1.165) is 37.7 Å². The quantitative estimate of drug-likeness (QED) is 0.719. The first-order valence-electron chi connectivity index (χ1n) is 9.03. The average Bonchev–Trinajstić information content (AvgIpc) is 2.99. The van der Waals surface area contributed by atoms with Gasteiger partial charge in [-0.05, 0) is 19.3 Å². The molecule has 1 aromatic carbocycles. The van der Waals surface area contributed by atoms with Gasteiger partial charge in [0.05, 0.1) is 13.2 Å². The van der Waals surface area contributed by atoms with E-state index in [1.807, 2.05) is 23.3 Å². The molecule has 0 saturated carbocycles. The minimum atomic E-state index is -0.527. The number of rotatable bonds is 7. The lowest BCUT2D eigenvalue weighted by Gasteiger charge is -2.29. The van der Waals surface area contributed by atoms with Crippen LogP contribution in [0.25, 0.3) is 0 Å². The van der Waals surface area contributed by atoms with Crippen LogP contribution in [0.3, 0.4) is 0 Å². The molecule has 0 amide bonds. The Labute approximate surface area is 142 Å². The maximum absolute atomic E-state index is 13.0. The fourth-order valence-corrected chi connectivity index (χ4v) is 4.21. The summed E-state index contributed by atoms with van der Waals surface area (Å²) in [5.74, 6) is 0.290. The highest BCUT2D eigenvalue weighted by molar-refractivity contribution is 5.89. The van der Waals surface area contributed by atoms with Gasteiger partial charge in [0.1, 0.15) is 5.54 Å². The fourth-order valence-electron chi connectivity index (χ4n) is 4.21. The lowest BCUT2D eigenvalue weighted by Crippen LogP contribution is -2.44. The molecule has 0 radical (unpaired) electrons. The number of benzene rings is 1. The van der Waals surface area contributed by atoms with Gasteiger partial charge in [-0.1, -0.05) is 37.3 Å². The number of fused-ring (bicyclic) bond motifs is 1. The molecule has 1 unspecified atom stereocenters. The number of ether oxygens (including phenoxy) is 2. The molecule has 24 heavy (non-hydrogen) atoms. The molecule has 3 atom stereocenters. The summed E-state index contributed by atoms with van der Waals surface area (Å²) in [7, 11) is 0. The minimum Gasteiger partial charge on any atom is -0.350 e. The second kappa shape index (κ2) is 6.23. The van der Waals surface area contributed by atoms with Crippen molar-refractivity contribution < 1.29 is 19.1 Å². The summed E-state index contributed by atoms with van der Waals surface area (Å²) in [4.78, 5) is 19.0. The van der Waals surface area contributed by atoms with Gasteiger partial charge in [0, 0.05) is 24.8 Å². The molecule has 3 fully saturated rings. The Kier molecular flexibility index (Phi) is 4.21. The molecule has 5 nitrogen and oxygen atoms in total. The van der Waals surface area contributed by atoms with Gasteiger partial charge in [-0.25, -0.2) is 0 Å². The Morgan fingerprint density at radius 3 is 2.62 bits per heavy atom. The zero-order valence-corrected chi connectivity index (χ0v) is 14.2. The lowest BCUT2D eigenvalue weighted by molar-refractivity contribution is -0.134. The molecule has 130 valence electrons. The Bertz CT molecular complexity index is 601. The number of hydroxylamine groups is 2. The van der Waals surface area contributed by atoms with Gasteiger partial charge in [0.2, 0.25) is 0 Å². The van der Waals surface area contributed by atoms with Gasteiger partial charge < -0.3 is 9.47 Å². The number of Topliss-reactive ketones (excluding diaryl/α,β-unsaturated/α-hetero) is 1. The zero-order chi connectivity index (χ0) is 16.6. The maximum atomic E-state index is 13.0. The standard InChI is InChI=1S/C19H25NO4/c1-2-6-16(21)18(10-9-17-22-13-14-23-17)11-12-19(20(18)24-19)15-7-4-3-5-8-15/h3-5,7-8,17H,2,6,9-14H2,1H3/t18-,19+,20?/m1/s1. The van der Waals surface area contributed by atoms with Crippen LogP contribution in [0.15, 0.2) is 30.3 Å². The van der Waals surface area contributed by atoms with Crippen molar-refractivity contribution in [1.29, 1.82) is 0 Å². The molecule has 1 aromatic rings. The SMILES string of the molecule is CCCC(=O)[C@@]1(CCC2OCCO2)CC[C@@]2(c3ccccc3)ON12. The predicted molar refractivity (Wildman–Crippen MR) is 87.9 cm³/mol. The molecule has 3 heterocycles. The molecule has 4 rings (SSSR count). The normalized spacial score (nSPS) is 35.1. The van der Waals surface area contributed by atoms with Gasteiger partial charge in [-0.3, -0.25) is 9.63 Å². The molecule has 0 N–H and O–H groups in total. The summed E-state index contributed by atoms with van der Waals surface area (Å²) in [5, 5.41) is 1.97. The molecule has 0 spiro atoms. The van der Waals surface area contributed by atoms with Gasteiger partial charge in [-0.15, -0.1) is 5.06 Å². The lowest BCUT2D eigenvalue weighted by atomic mass is 9.84. The Hall–Kier alpha value is -1.27. The monoisotopic (exact) mass is 331 g/mol. The number of carbonyl (C=O) groups excluding carboxylic acids is 1. The van der Waals surface area contributed by atoms with Crippen molar-refractivity contribution in [2.75, 3.05) is 13.2 Å². The number of nitrogens with zero attached hydrogens (tertiary/aromatic N) is 1. The Morgan fingerprint density at radius 1 is 1.21 bits per heavy atom. The van der Waals surface area contributed by atoms with Crippen LogP contribution in [0, 0.1) is 0 Å². The van der Waals surface area contributed by atoms with E-state index in [2.05, 4.69) is 19.1 Å². The number of hydrogen-bond donors (Lipinski definition) is 0. The van der Waals surface area contributed by atoms with Crippen LogP contribution in [0.4, 0.5) is 0 Å². The first-order valence-corrected chi connectivity index (χ1v) is 9.03. The predicted octanol–water partition coefficient (Wildman–Crippen LogP) is 3.14. The molecule has 5 heteroatoms. The van der Waals surface area contributed by atoms with Crippen LogP contribution < -0.4 is 0 Å². The van der Waals surface area contributed by atoms with E-state index in [1.165, 1.54) is 0 Å². The van der Waals surface area contributed by atoms with Crippen molar-refractivity contribution in [3.05, 3.63) is 35.9 Å². The second-order valence-electron chi connectivity index (χ2n) is 6.95. The summed E-state index contributed by atoms with van der Waals surface area (Å²) in [6.45, 7) is 3.35. The fraction of sp³-hybridized carbons (Fsp3) is 0.632. The van der Waals surface area contributed by atoms with E-state index < -0.39 is 11.3 Å². The van der Waals surface area contributed by atoms with Crippen LogP contribution >= 0.6 is 0 Å². The third-order valence-corrected chi connectivity index (χ3v) is 5.51. The molecule has 3 aliphatic rings. The molecule has 3 saturated heterocycles. The van der Waals surface area contributed by atoms with Crippen molar-refractivity contribution in [2.24, 2.45) is 0 Å². The Morgan fingerprint density at radius 2 is 1.96 bits per heavy atom. The molecule has 3 aliphatic heterocycles. The van der Waals surface area contributed by atoms with E-state index in [0.29, 0.717) is 25.4 Å². The number of ketones is 1. The van der Waals surface area contributed by atoms with Gasteiger partial charge in [0.25, 0.3) is 0 Å². The highest BCUT2D eigenvalue weighted by Gasteiger charge is 2.72. The molecular formula is C19H25NO4. The largest absolute Gasteiger partial charge is 0.350 e. The van der Waals surface area contributed by atoms with Crippen LogP contribution in [0.1, 0.15) is 51.0 Å². The summed E-state index contributed by atoms with van der Waals surface area (Å²) >= 11 is 0. The van der Waals surface area contributed by atoms with Crippen LogP contribution in [0.2, 0.25) is 0 Å². The first kappa shape index (κ1) is 16.2. The summed E-state index contributed by atoms with van der Waals surface area (Å²) in [5.41, 5.74) is 0.216. The second-order valence-corrected chi connectivity index (χ2v) is 6.95. The van der Waals surface area contributed by atoms with E-state index in [4.69, 9.17) is 14.3 Å². The first-order chi connectivity index (χ1) is 11.7. The number of hydrogen-bond acceptors (Lipinski definition) is 5. The highest BCUT2D eigenvalue weighted by Crippen LogP contribution is 2.62. The summed E-state index contributed by atoms with van der Waals surface area (Å²) < 4.78 is 11.1. The average molecular weight is 331 g/mol. The molecule has 0 aliphatic carbocycles.